The largest absolute Gasteiger partial charge is 0.489 e. The van der Waals surface area contributed by atoms with Crippen molar-refractivity contribution in [3.05, 3.63) is 83.2 Å². The van der Waals surface area contributed by atoms with Gasteiger partial charge in [0.15, 0.2) is 9.84 Å². The molecule has 1 atom stereocenters. The van der Waals surface area contributed by atoms with Crippen LogP contribution >= 0.6 is 24.8 Å². The molecule has 0 aliphatic heterocycles. The summed E-state index contributed by atoms with van der Waals surface area (Å²) in [6.45, 7) is 2.04. The van der Waals surface area contributed by atoms with Crippen molar-refractivity contribution >= 4 is 50.7 Å². The van der Waals surface area contributed by atoms with Gasteiger partial charge in [-0.3, -0.25) is 4.79 Å². The summed E-state index contributed by atoms with van der Waals surface area (Å²) < 4.78 is 31.7. The van der Waals surface area contributed by atoms with E-state index in [4.69, 9.17) is 9.84 Å². The summed E-state index contributed by atoms with van der Waals surface area (Å²) >= 11 is 1.58. The topological polar surface area (TPSA) is 80.7 Å². The highest BCUT2D eigenvalue weighted by atomic mass is 32.2. The van der Waals surface area contributed by atoms with Gasteiger partial charge >= 0.3 is 5.97 Å². The van der Waals surface area contributed by atoms with E-state index in [1.54, 1.807) is 30.4 Å². The minimum Gasteiger partial charge on any atom is -0.489 e. The maximum atomic E-state index is 12.3. The average molecular weight is 539 g/mol. The molecule has 4 aromatic rings. The molecule has 186 valence electrons. The second-order valence-corrected chi connectivity index (χ2v) is 11.0. The SMILES string of the molecule is CC#C[C@@H](CC(=O)O)c1ccc(OCc2ccc3scc(-c4ccccc4S(C)(=O)=O)c3c2)cc1.S. The molecule has 0 unspecified atom stereocenters. The number of carbonyl (C=O) groups is 1. The molecule has 3 aromatic carbocycles. The molecule has 8 heteroatoms. The Bertz CT molecular complexity index is 1540. The van der Waals surface area contributed by atoms with E-state index in [-0.39, 0.29) is 25.8 Å². The van der Waals surface area contributed by atoms with Gasteiger partial charge in [0.25, 0.3) is 0 Å². The number of sulfone groups is 1. The van der Waals surface area contributed by atoms with Crippen LogP contribution in [0.2, 0.25) is 0 Å². The summed E-state index contributed by atoms with van der Waals surface area (Å²) in [5.74, 6) is 5.16. The zero-order valence-electron chi connectivity index (χ0n) is 19.8. The van der Waals surface area contributed by atoms with E-state index >= 15 is 0 Å². The molecule has 0 bridgehead atoms. The molecule has 0 radical (unpaired) electrons. The zero-order chi connectivity index (χ0) is 25.0. The van der Waals surface area contributed by atoms with Gasteiger partial charge in [-0.25, -0.2) is 8.42 Å². The lowest BCUT2D eigenvalue weighted by Crippen LogP contribution is -2.04. The lowest BCUT2D eigenvalue weighted by atomic mass is 9.96. The Morgan fingerprint density at radius 1 is 1.06 bits per heavy atom. The van der Waals surface area contributed by atoms with E-state index in [9.17, 15) is 13.2 Å². The zero-order valence-corrected chi connectivity index (χ0v) is 22.4. The summed E-state index contributed by atoms with van der Waals surface area (Å²) in [5, 5.41) is 12.1. The fourth-order valence-corrected chi connectivity index (χ4v) is 5.80. The van der Waals surface area contributed by atoms with Gasteiger partial charge in [0.2, 0.25) is 0 Å². The van der Waals surface area contributed by atoms with Crippen molar-refractivity contribution in [3.63, 3.8) is 0 Å². The third-order valence-electron chi connectivity index (χ3n) is 5.60. The molecule has 0 amide bonds. The second kappa shape index (κ2) is 11.7. The fraction of sp³-hybridized carbons (Fsp3) is 0.179. The number of fused-ring (bicyclic) bond motifs is 1. The number of hydrogen-bond acceptors (Lipinski definition) is 5. The van der Waals surface area contributed by atoms with Crippen molar-refractivity contribution in [1.82, 2.24) is 0 Å². The highest BCUT2D eigenvalue weighted by Gasteiger charge is 2.17. The minimum absolute atomic E-state index is 0. The number of carboxylic acids is 1. The van der Waals surface area contributed by atoms with Crippen LogP contribution in [0.4, 0.5) is 0 Å². The van der Waals surface area contributed by atoms with Crippen LogP contribution in [0.15, 0.2) is 77.0 Å². The quantitative estimate of drug-likeness (QED) is 0.268. The van der Waals surface area contributed by atoms with Gasteiger partial charge in [0.1, 0.15) is 12.4 Å². The average Bonchev–Trinajstić information content (AvgIpc) is 3.25. The molecule has 0 spiro atoms. The van der Waals surface area contributed by atoms with Gasteiger partial charge in [-0.2, -0.15) is 13.5 Å². The Morgan fingerprint density at radius 3 is 2.44 bits per heavy atom. The van der Waals surface area contributed by atoms with Crippen molar-refractivity contribution < 1.29 is 23.1 Å². The summed E-state index contributed by atoms with van der Waals surface area (Å²) in [6, 6.07) is 20.4. The summed E-state index contributed by atoms with van der Waals surface area (Å²) in [6.07, 6.45) is 1.18. The molecule has 1 heterocycles. The number of aliphatic carboxylic acids is 1. The lowest BCUT2D eigenvalue weighted by Gasteiger charge is -2.11. The first-order valence-corrected chi connectivity index (χ1v) is 13.7. The molecular formula is C28H26O5S3. The van der Waals surface area contributed by atoms with Crippen LogP contribution in [-0.4, -0.2) is 25.7 Å². The van der Waals surface area contributed by atoms with E-state index in [2.05, 4.69) is 11.8 Å². The van der Waals surface area contributed by atoms with E-state index in [1.165, 1.54) is 6.26 Å². The highest BCUT2D eigenvalue weighted by molar-refractivity contribution is 7.90. The molecular weight excluding hydrogens is 513 g/mol. The first-order valence-electron chi connectivity index (χ1n) is 10.9. The predicted molar refractivity (Wildman–Crippen MR) is 150 cm³/mol. The number of rotatable bonds is 8. The van der Waals surface area contributed by atoms with Gasteiger partial charge in [-0.05, 0) is 53.8 Å². The van der Waals surface area contributed by atoms with Crippen LogP contribution in [0.3, 0.4) is 0 Å². The molecule has 0 aliphatic rings. The summed E-state index contributed by atoms with van der Waals surface area (Å²) in [5.41, 5.74) is 3.38. The van der Waals surface area contributed by atoms with Crippen LogP contribution in [-0.2, 0) is 21.2 Å². The standard InChI is InChI=1S/C28H24O5S2.H2S/c1-3-6-21(16-28(29)30)20-10-12-22(13-11-20)33-17-19-9-14-26-24(15-19)25(18-34-26)23-7-4-5-8-27(23)35(2,31)32;/h4-5,7-15,18,21H,16-17H2,1-2H3,(H,29,30);1H2/t21-;/m0./s1. The first-order chi connectivity index (χ1) is 16.8. The smallest absolute Gasteiger partial charge is 0.304 e. The van der Waals surface area contributed by atoms with Crippen LogP contribution in [0.25, 0.3) is 21.2 Å². The number of ether oxygens (including phenoxy) is 1. The third-order valence-corrected chi connectivity index (χ3v) is 7.72. The molecule has 0 aliphatic carbocycles. The van der Waals surface area contributed by atoms with Gasteiger partial charge in [-0.15, -0.1) is 17.3 Å². The Balaban J connectivity index is 0.00000361. The molecule has 1 aromatic heterocycles. The van der Waals surface area contributed by atoms with Crippen molar-refractivity contribution in [3.8, 4) is 28.7 Å². The maximum Gasteiger partial charge on any atom is 0.304 e. The van der Waals surface area contributed by atoms with E-state index in [0.717, 1.165) is 26.8 Å². The van der Waals surface area contributed by atoms with Crippen molar-refractivity contribution in [2.45, 2.75) is 30.8 Å². The van der Waals surface area contributed by atoms with Crippen LogP contribution in [0, 0.1) is 11.8 Å². The predicted octanol–water partition coefficient (Wildman–Crippen LogP) is 6.25. The number of carboxylic acid groups (broad SMARTS) is 1. The van der Waals surface area contributed by atoms with Gasteiger partial charge < -0.3 is 9.84 Å². The summed E-state index contributed by atoms with van der Waals surface area (Å²) in [4.78, 5) is 11.4. The Hall–Kier alpha value is -3.25. The normalized spacial score (nSPS) is 11.7. The minimum atomic E-state index is -3.37. The molecule has 1 N–H and O–H groups in total. The number of benzene rings is 3. The Morgan fingerprint density at radius 2 is 1.78 bits per heavy atom. The van der Waals surface area contributed by atoms with Gasteiger partial charge in [-0.1, -0.05) is 42.3 Å². The number of hydrogen-bond donors (Lipinski definition) is 1. The second-order valence-electron chi connectivity index (χ2n) is 8.15. The Kier molecular flexibility index (Phi) is 8.85. The fourth-order valence-electron chi connectivity index (χ4n) is 3.95. The van der Waals surface area contributed by atoms with Gasteiger partial charge in [0.05, 0.1) is 17.2 Å². The van der Waals surface area contributed by atoms with Crippen LogP contribution in [0.5, 0.6) is 5.75 Å². The monoisotopic (exact) mass is 538 g/mol. The third kappa shape index (κ3) is 6.30. The van der Waals surface area contributed by atoms with Crippen molar-refractivity contribution in [1.29, 1.82) is 0 Å². The molecule has 0 saturated carbocycles. The molecule has 0 saturated heterocycles. The maximum absolute atomic E-state index is 12.3. The molecule has 4 rings (SSSR count). The lowest BCUT2D eigenvalue weighted by molar-refractivity contribution is -0.137. The van der Waals surface area contributed by atoms with E-state index in [0.29, 0.717) is 22.8 Å². The van der Waals surface area contributed by atoms with Crippen molar-refractivity contribution in [2.24, 2.45) is 0 Å². The van der Waals surface area contributed by atoms with E-state index < -0.39 is 15.8 Å². The van der Waals surface area contributed by atoms with Crippen molar-refractivity contribution in [2.75, 3.05) is 6.26 Å². The number of thiophene rings is 1. The molecule has 36 heavy (non-hydrogen) atoms. The van der Waals surface area contributed by atoms with Crippen LogP contribution in [0.1, 0.15) is 30.4 Å². The molecule has 0 fully saturated rings. The highest BCUT2D eigenvalue weighted by Crippen LogP contribution is 2.37. The first kappa shape index (κ1) is 27.3. The van der Waals surface area contributed by atoms with E-state index in [1.807, 2.05) is 60.0 Å². The van der Waals surface area contributed by atoms with Gasteiger partial charge in [0, 0.05) is 27.5 Å². The van der Waals surface area contributed by atoms with Crippen LogP contribution < -0.4 is 4.74 Å². The molecule has 5 nitrogen and oxygen atoms in total. The summed E-state index contributed by atoms with van der Waals surface area (Å²) in [7, 11) is -3.37. The Labute approximate surface area is 222 Å².